The number of halogens is 3. The highest BCUT2D eigenvalue weighted by Gasteiger charge is 2.38. The van der Waals surface area contributed by atoms with Crippen LogP contribution in [0.15, 0.2) is 0 Å². The van der Waals surface area contributed by atoms with Crippen LogP contribution < -0.4 is 0 Å². The Morgan fingerprint density at radius 1 is 1.60 bits per heavy atom. The highest BCUT2D eigenvalue weighted by Crippen LogP contribution is 2.13. The molecule has 0 aromatic carbocycles. The summed E-state index contributed by atoms with van der Waals surface area (Å²) in [6.45, 7) is 1.99. The van der Waals surface area contributed by atoms with Crippen molar-refractivity contribution in [1.29, 1.82) is 0 Å². The molecule has 0 spiro atoms. The van der Waals surface area contributed by atoms with Crippen molar-refractivity contribution in [2.75, 3.05) is 5.75 Å². The number of carbonyl (C=O) groups is 1. The van der Waals surface area contributed by atoms with Crippen molar-refractivity contribution in [2.24, 2.45) is 0 Å². The van der Waals surface area contributed by atoms with Crippen molar-refractivity contribution in [2.45, 2.75) is 13.1 Å². The largest absolute Gasteiger partial charge is 0.490 e. The van der Waals surface area contributed by atoms with E-state index in [0.29, 0.717) is 0 Å². The van der Waals surface area contributed by atoms with Gasteiger partial charge in [-0.3, -0.25) is 0 Å². The van der Waals surface area contributed by atoms with Crippen LogP contribution >= 0.6 is 12.6 Å². The van der Waals surface area contributed by atoms with Crippen molar-refractivity contribution in [1.82, 2.24) is 0 Å². The third-order valence-electron chi connectivity index (χ3n) is 0.243. The number of rotatable bonds is 0. The average Bonchev–Trinajstić information content (AvgIpc) is 1.64. The van der Waals surface area contributed by atoms with Gasteiger partial charge in [0.15, 0.2) is 0 Å². The Kier molecular flexibility index (Phi) is 6.64. The van der Waals surface area contributed by atoms with Gasteiger partial charge in [0.05, 0.1) is 0 Å². The van der Waals surface area contributed by atoms with E-state index in [1.807, 2.05) is 6.92 Å². The molecule has 0 aromatic heterocycles. The van der Waals surface area contributed by atoms with Crippen LogP contribution in [0, 0.1) is 0 Å². The maximum atomic E-state index is 10.6. The van der Waals surface area contributed by atoms with Gasteiger partial charge in [-0.2, -0.15) is 25.8 Å². The van der Waals surface area contributed by atoms with Crippen molar-refractivity contribution in [3.8, 4) is 0 Å². The highest BCUT2D eigenvalue weighted by molar-refractivity contribution is 7.80. The molecule has 0 heterocycles. The number of aliphatic carboxylic acids is 1. The number of hydrogen-bond acceptors (Lipinski definition) is 2. The third kappa shape index (κ3) is 10.6. The van der Waals surface area contributed by atoms with Crippen molar-refractivity contribution < 1.29 is 23.1 Å². The summed E-state index contributed by atoms with van der Waals surface area (Å²) in [6, 6.07) is 0. The number of alkyl halides is 3. The number of carboxylic acid groups (broad SMARTS) is 1. The lowest BCUT2D eigenvalue weighted by molar-refractivity contribution is -0.192. The number of carboxylic acids is 1. The maximum absolute atomic E-state index is 10.6. The monoisotopic (exact) mass is 176 g/mol. The molecule has 0 aliphatic heterocycles. The van der Waals surface area contributed by atoms with E-state index in [9.17, 15) is 13.2 Å². The zero-order valence-electron chi connectivity index (χ0n) is 5.14. The summed E-state index contributed by atoms with van der Waals surface area (Å²) in [5, 5.41) is 7.12. The first-order valence-corrected chi connectivity index (χ1v) is 2.90. The highest BCUT2D eigenvalue weighted by atomic mass is 32.1. The van der Waals surface area contributed by atoms with Crippen LogP contribution in [0.5, 0.6) is 0 Å². The van der Waals surface area contributed by atoms with E-state index in [-0.39, 0.29) is 0 Å². The van der Waals surface area contributed by atoms with E-state index in [1.54, 1.807) is 0 Å². The smallest absolute Gasteiger partial charge is 0.475 e. The normalized spacial score (nSPS) is 9.70. The van der Waals surface area contributed by atoms with Crippen LogP contribution in [0.3, 0.4) is 0 Å². The van der Waals surface area contributed by atoms with Gasteiger partial charge in [-0.25, -0.2) is 4.79 Å². The lowest BCUT2D eigenvalue weighted by Gasteiger charge is -1.93. The van der Waals surface area contributed by atoms with Gasteiger partial charge < -0.3 is 5.11 Å². The molecule has 10 heavy (non-hydrogen) atoms. The van der Waals surface area contributed by atoms with Gasteiger partial charge in [0.2, 0.25) is 0 Å². The number of hydrogen-bond donors (Lipinski definition) is 2. The standard InChI is InChI=1S/C2HF3O2.C2H6S/c3-2(4,5)1(6)7;1-2-3/h(H,6,7);3H,2H2,1H3. The Balaban J connectivity index is 0. The summed E-state index contributed by atoms with van der Waals surface area (Å²) >= 11 is 3.79. The van der Waals surface area contributed by atoms with Crippen molar-refractivity contribution in [3.05, 3.63) is 0 Å². The molecule has 0 saturated heterocycles. The van der Waals surface area contributed by atoms with Crippen molar-refractivity contribution >= 4 is 18.6 Å². The fourth-order valence-electron chi connectivity index (χ4n) is 0. The summed E-state index contributed by atoms with van der Waals surface area (Å²) in [4.78, 5) is 8.90. The molecule has 0 aliphatic rings. The van der Waals surface area contributed by atoms with Gasteiger partial charge in [0.25, 0.3) is 0 Å². The summed E-state index contributed by atoms with van der Waals surface area (Å²) in [5.41, 5.74) is 0. The van der Waals surface area contributed by atoms with Gasteiger partial charge in [-0.1, -0.05) is 6.92 Å². The average molecular weight is 176 g/mol. The lowest BCUT2D eigenvalue weighted by Crippen LogP contribution is -2.21. The second kappa shape index (κ2) is 5.40. The first-order chi connectivity index (χ1) is 4.36. The predicted molar refractivity (Wildman–Crippen MR) is 33.2 cm³/mol. The molecule has 0 saturated carbocycles. The minimum absolute atomic E-state index is 0.944. The van der Waals surface area contributed by atoms with Crippen LogP contribution in [-0.4, -0.2) is 23.0 Å². The Labute approximate surface area is 61.4 Å². The lowest BCUT2D eigenvalue weighted by atomic mass is 10.7. The summed E-state index contributed by atoms with van der Waals surface area (Å²) in [5.74, 6) is -1.81. The number of thiol groups is 1. The summed E-state index contributed by atoms with van der Waals surface area (Å²) in [6.07, 6.45) is -5.08. The molecule has 62 valence electrons. The molecule has 0 bridgehead atoms. The molecule has 0 amide bonds. The summed E-state index contributed by atoms with van der Waals surface area (Å²) in [7, 11) is 0. The van der Waals surface area contributed by atoms with Gasteiger partial charge in [-0.15, -0.1) is 0 Å². The molecule has 0 atom stereocenters. The van der Waals surface area contributed by atoms with E-state index < -0.39 is 12.1 Å². The van der Waals surface area contributed by atoms with E-state index in [0.717, 1.165) is 5.75 Å². The Morgan fingerprint density at radius 3 is 1.70 bits per heavy atom. The molecule has 2 nitrogen and oxygen atoms in total. The minimum atomic E-state index is -5.08. The molecule has 0 aliphatic carbocycles. The fourth-order valence-corrected chi connectivity index (χ4v) is 0. The van der Waals surface area contributed by atoms with E-state index >= 15 is 0 Å². The quantitative estimate of drug-likeness (QED) is 0.550. The Hall–Kier alpha value is -0.390. The molecule has 1 N–H and O–H groups in total. The SMILES string of the molecule is CCS.O=C(O)C(F)(F)F. The fraction of sp³-hybridized carbons (Fsp3) is 0.750. The Morgan fingerprint density at radius 2 is 1.70 bits per heavy atom. The summed E-state index contributed by atoms with van der Waals surface area (Å²) < 4.78 is 31.7. The van der Waals surface area contributed by atoms with Crippen LogP contribution in [0.4, 0.5) is 13.2 Å². The van der Waals surface area contributed by atoms with Crippen LogP contribution in [0.1, 0.15) is 6.92 Å². The first-order valence-electron chi connectivity index (χ1n) is 2.27. The minimum Gasteiger partial charge on any atom is -0.475 e. The van der Waals surface area contributed by atoms with Crippen LogP contribution in [-0.2, 0) is 4.79 Å². The molecule has 6 heteroatoms. The zero-order valence-corrected chi connectivity index (χ0v) is 6.04. The molecular weight excluding hydrogens is 169 g/mol. The molecule has 0 radical (unpaired) electrons. The van der Waals surface area contributed by atoms with Crippen LogP contribution in [0.25, 0.3) is 0 Å². The predicted octanol–water partition coefficient (Wildman–Crippen LogP) is 1.57. The molecule has 0 aromatic rings. The van der Waals surface area contributed by atoms with Crippen molar-refractivity contribution in [3.63, 3.8) is 0 Å². The van der Waals surface area contributed by atoms with Crippen LogP contribution in [0.2, 0.25) is 0 Å². The molecular formula is C4H7F3O2S. The van der Waals surface area contributed by atoms with Gasteiger partial charge in [0, 0.05) is 0 Å². The van der Waals surface area contributed by atoms with Gasteiger partial charge >= 0.3 is 12.1 Å². The zero-order chi connectivity index (χ0) is 8.78. The van der Waals surface area contributed by atoms with Gasteiger partial charge in [-0.05, 0) is 5.75 Å². The third-order valence-corrected chi connectivity index (χ3v) is 0.243. The second-order valence-electron chi connectivity index (χ2n) is 1.12. The van der Waals surface area contributed by atoms with E-state index in [4.69, 9.17) is 9.90 Å². The van der Waals surface area contributed by atoms with E-state index in [1.165, 1.54) is 0 Å². The molecule has 0 unspecified atom stereocenters. The Bertz CT molecular complexity index is 101. The second-order valence-corrected chi connectivity index (χ2v) is 1.75. The first kappa shape index (κ1) is 12.3. The maximum Gasteiger partial charge on any atom is 0.490 e. The molecule has 0 rings (SSSR count). The molecule has 0 fully saturated rings. The topological polar surface area (TPSA) is 37.3 Å². The van der Waals surface area contributed by atoms with Gasteiger partial charge in [0.1, 0.15) is 0 Å². The van der Waals surface area contributed by atoms with E-state index in [2.05, 4.69) is 12.6 Å².